The molecule has 0 unspecified atom stereocenters. The van der Waals surface area contributed by atoms with Crippen molar-refractivity contribution in [3.63, 3.8) is 0 Å². The molecule has 0 aliphatic rings. The molecule has 0 fully saturated rings. The minimum atomic E-state index is -0.445. The Morgan fingerprint density at radius 3 is 2.48 bits per heavy atom. The second-order valence-corrected chi connectivity index (χ2v) is 7.05. The molecule has 29 heavy (non-hydrogen) atoms. The van der Waals surface area contributed by atoms with Gasteiger partial charge in [0.1, 0.15) is 5.76 Å². The first-order valence-corrected chi connectivity index (χ1v) is 9.37. The summed E-state index contributed by atoms with van der Waals surface area (Å²) >= 11 is 11.9. The van der Waals surface area contributed by atoms with Gasteiger partial charge in [-0.25, -0.2) is 5.43 Å². The number of benzene rings is 2. The molecule has 0 aliphatic carbocycles. The molecule has 8 heteroatoms. The number of hydrogen-bond donors (Lipinski definition) is 2. The number of carbonyl (C=O) groups is 2. The highest BCUT2D eigenvalue weighted by Gasteiger charge is 2.12. The van der Waals surface area contributed by atoms with Crippen LogP contribution in [0.15, 0.2) is 64.1 Å². The number of anilines is 1. The number of nitrogens with zero attached hydrogens (tertiary/aromatic N) is 1. The van der Waals surface area contributed by atoms with Gasteiger partial charge < -0.3 is 9.73 Å². The molecule has 0 saturated carbocycles. The van der Waals surface area contributed by atoms with E-state index in [2.05, 4.69) is 15.8 Å². The predicted molar refractivity (Wildman–Crippen MR) is 114 cm³/mol. The topological polar surface area (TPSA) is 83.7 Å². The zero-order chi connectivity index (χ0) is 21.0. The Balaban J connectivity index is 1.71. The standard InChI is InChI=1S/C21H17Cl2N3O3/c1-12-6-9-19(29-12)21(28)26-25-13(2)14-4-3-5-16(10-14)24-20(27)17-8-7-15(22)11-18(17)23/h3-11H,1-2H3,(H,24,27)(H,26,28)/b25-13-. The van der Waals surface area contributed by atoms with Crippen LogP contribution in [0, 0.1) is 6.92 Å². The molecule has 1 heterocycles. The van der Waals surface area contributed by atoms with E-state index in [4.69, 9.17) is 27.6 Å². The summed E-state index contributed by atoms with van der Waals surface area (Å²) < 4.78 is 5.26. The van der Waals surface area contributed by atoms with Crippen molar-refractivity contribution in [3.05, 3.63) is 87.3 Å². The van der Waals surface area contributed by atoms with Crippen LogP contribution in [-0.2, 0) is 0 Å². The number of furan rings is 1. The van der Waals surface area contributed by atoms with E-state index in [1.807, 2.05) is 6.07 Å². The molecule has 0 radical (unpaired) electrons. The SMILES string of the molecule is C/C(=N/NC(=O)c1ccc(C)o1)c1cccc(NC(=O)c2ccc(Cl)cc2Cl)c1. The Morgan fingerprint density at radius 1 is 1.00 bits per heavy atom. The van der Waals surface area contributed by atoms with Gasteiger partial charge >= 0.3 is 5.91 Å². The molecule has 148 valence electrons. The summed E-state index contributed by atoms with van der Waals surface area (Å²) in [5.41, 5.74) is 4.60. The maximum atomic E-state index is 12.5. The van der Waals surface area contributed by atoms with Crippen LogP contribution in [0.1, 0.15) is 39.2 Å². The lowest BCUT2D eigenvalue weighted by Gasteiger charge is -2.09. The molecular formula is C21H17Cl2N3O3. The van der Waals surface area contributed by atoms with Crippen molar-refractivity contribution in [3.8, 4) is 0 Å². The third kappa shape index (κ3) is 5.25. The van der Waals surface area contributed by atoms with Crippen molar-refractivity contribution in [2.24, 2.45) is 5.10 Å². The molecule has 2 amide bonds. The van der Waals surface area contributed by atoms with Crippen LogP contribution < -0.4 is 10.7 Å². The lowest BCUT2D eigenvalue weighted by atomic mass is 10.1. The van der Waals surface area contributed by atoms with Gasteiger partial charge in [0.15, 0.2) is 5.76 Å². The average molecular weight is 430 g/mol. The van der Waals surface area contributed by atoms with E-state index in [9.17, 15) is 9.59 Å². The summed E-state index contributed by atoms with van der Waals surface area (Å²) in [5, 5.41) is 7.59. The summed E-state index contributed by atoms with van der Waals surface area (Å²) in [6.45, 7) is 3.49. The first kappa shape index (κ1) is 20.6. The summed E-state index contributed by atoms with van der Waals surface area (Å²) in [6, 6.07) is 15.0. The van der Waals surface area contributed by atoms with Gasteiger partial charge in [-0.1, -0.05) is 35.3 Å². The number of carbonyl (C=O) groups excluding carboxylic acids is 2. The van der Waals surface area contributed by atoms with Crippen LogP contribution >= 0.6 is 23.2 Å². The molecular weight excluding hydrogens is 413 g/mol. The Labute approximate surface area is 177 Å². The van der Waals surface area contributed by atoms with E-state index in [-0.39, 0.29) is 16.7 Å². The fourth-order valence-corrected chi connectivity index (χ4v) is 3.00. The van der Waals surface area contributed by atoms with Gasteiger partial charge in [0.25, 0.3) is 5.91 Å². The predicted octanol–water partition coefficient (Wildman–Crippen LogP) is 5.30. The fourth-order valence-electron chi connectivity index (χ4n) is 2.50. The van der Waals surface area contributed by atoms with Gasteiger partial charge in [-0.15, -0.1) is 0 Å². The average Bonchev–Trinajstić information content (AvgIpc) is 3.12. The number of halogens is 2. The van der Waals surface area contributed by atoms with Gasteiger partial charge in [-0.3, -0.25) is 9.59 Å². The van der Waals surface area contributed by atoms with Crippen molar-refractivity contribution in [1.82, 2.24) is 5.43 Å². The molecule has 6 nitrogen and oxygen atoms in total. The molecule has 0 spiro atoms. The molecule has 2 N–H and O–H groups in total. The second kappa shape index (κ2) is 8.94. The number of aryl methyl sites for hydroxylation is 1. The van der Waals surface area contributed by atoms with Gasteiger partial charge in [0.2, 0.25) is 0 Å². The largest absolute Gasteiger partial charge is 0.456 e. The van der Waals surface area contributed by atoms with Gasteiger partial charge in [0.05, 0.1) is 16.3 Å². The van der Waals surface area contributed by atoms with E-state index in [1.54, 1.807) is 56.3 Å². The summed E-state index contributed by atoms with van der Waals surface area (Å²) in [6.07, 6.45) is 0. The van der Waals surface area contributed by atoms with Crippen molar-refractivity contribution in [1.29, 1.82) is 0 Å². The van der Waals surface area contributed by atoms with E-state index in [1.165, 1.54) is 6.07 Å². The molecule has 0 aliphatic heterocycles. The van der Waals surface area contributed by atoms with E-state index in [0.717, 1.165) is 5.56 Å². The molecule has 2 aromatic carbocycles. The highest BCUT2D eigenvalue weighted by atomic mass is 35.5. The molecule has 0 atom stereocenters. The Bertz CT molecular complexity index is 1110. The number of amides is 2. The Kier molecular flexibility index (Phi) is 6.36. The van der Waals surface area contributed by atoms with Crippen molar-refractivity contribution in [2.45, 2.75) is 13.8 Å². The first-order chi connectivity index (χ1) is 13.8. The zero-order valence-corrected chi connectivity index (χ0v) is 17.1. The van der Waals surface area contributed by atoms with Gasteiger partial charge in [-0.2, -0.15) is 5.10 Å². The number of rotatable bonds is 5. The maximum Gasteiger partial charge on any atom is 0.307 e. The van der Waals surface area contributed by atoms with E-state index < -0.39 is 5.91 Å². The van der Waals surface area contributed by atoms with Crippen molar-refractivity contribution >= 4 is 46.4 Å². The van der Waals surface area contributed by atoms with Crippen LogP contribution in [0.3, 0.4) is 0 Å². The van der Waals surface area contributed by atoms with Crippen LogP contribution in [0.4, 0.5) is 5.69 Å². The molecule has 3 aromatic rings. The minimum absolute atomic E-state index is 0.180. The van der Waals surface area contributed by atoms with E-state index in [0.29, 0.717) is 27.7 Å². The lowest BCUT2D eigenvalue weighted by molar-refractivity contribution is 0.0925. The third-order valence-corrected chi connectivity index (χ3v) is 4.55. The zero-order valence-electron chi connectivity index (χ0n) is 15.6. The molecule has 0 saturated heterocycles. The quantitative estimate of drug-likeness (QED) is 0.426. The monoisotopic (exact) mass is 429 g/mol. The third-order valence-electron chi connectivity index (χ3n) is 4.00. The van der Waals surface area contributed by atoms with Crippen LogP contribution in [-0.4, -0.2) is 17.5 Å². The molecule has 3 rings (SSSR count). The molecule has 1 aromatic heterocycles. The highest BCUT2D eigenvalue weighted by Crippen LogP contribution is 2.22. The summed E-state index contributed by atoms with van der Waals surface area (Å²) in [4.78, 5) is 24.5. The minimum Gasteiger partial charge on any atom is -0.456 e. The van der Waals surface area contributed by atoms with Crippen molar-refractivity contribution < 1.29 is 14.0 Å². The van der Waals surface area contributed by atoms with Crippen LogP contribution in [0.25, 0.3) is 0 Å². The second-order valence-electron chi connectivity index (χ2n) is 6.21. The van der Waals surface area contributed by atoms with E-state index >= 15 is 0 Å². The number of nitrogens with one attached hydrogen (secondary N) is 2. The maximum absolute atomic E-state index is 12.5. The van der Waals surface area contributed by atoms with Crippen LogP contribution in [0.5, 0.6) is 0 Å². The Hall–Kier alpha value is -3.09. The Morgan fingerprint density at radius 2 is 1.79 bits per heavy atom. The lowest BCUT2D eigenvalue weighted by Crippen LogP contribution is -2.18. The number of hydrogen-bond acceptors (Lipinski definition) is 4. The fraction of sp³-hybridized carbons (Fsp3) is 0.0952. The van der Waals surface area contributed by atoms with Crippen molar-refractivity contribution in [2.75, 3.05) is 5.32 Å². The number of hydrazone groups is 1. The van der Waals surface area contributed by atoms with Gasteiger partial charge in [-0.05, 0) is 61.9 Å². The van der Waals surface area contributed by atoms with Crippen LogP contribution in [0.2, 0.25) is 10.0 Å². The van der Waals surface area contributed by atoms with Gasteiger partial charge in [0, 0.05) is 10.7 Å². The summed E-state index contributed by atoms with van der Waals surface area (Å²) in [7, 11) is 0. The highest BCUT2D eigenvalue weighted by molar-refractivity contribution is 6.37. The smallest absolute Gasteiger partial charge is 0.307 e. The summed E-state index contributed by atoms with van der Waals surface area (Å²) in [5.74, 6) is 0.0131. The first-order valence-electron chi connectivity index (χ1n) is 8.61. The molecule has 0 bridgehead atoms. The normalized spacial score (nSPS) is 11.2.